The lowest BCUT2D eigenvalue weighted by atomic mass is 10.2. The zero-order valence-electron chi connectivity index (χ0n) is 11.4. The maximum Gasteiger partial charge on any atom is 0.416 e. The van der Waals surface area contributed by atoms with Gasteiger partial charge in [-0.3, -0.25) is 0 Å². The number of nitrogen functional groups attached to an aromatic ring is 1. The molecule has 118 valence electrons. The van der Waals surface area contributed by atoms with Crippen molar-refractivity contribution in [3.8, 4) is 11.5 Å². The third-order valence-corrected chi connectivity index (χ3v) is 2.77. The molecule has 2 N–H and O–H groups in total. The van der Waals surface area contributed by atoms with Crippen molar-refractivity contribution < 1.29 is 27.0 Å². The lowest BCUT2D eigenvalue weighted by Gasteiger charge is -2.11. The van der Waals surface area contributed by atoms with Crippen LogP contribution in [-0.4, -0.2) is 13.2 Å². The number of benzene rings is 2. The number of alkyl halides is 3. The van der Waals surface area contributed by atoms with Crippen LogP contribution in [0.3, 0.4) is 0 Å². The molecule has 0 atom stereocenters. The molecule has 22 heavy (non-hydrogen) atoms. The monoisotopic (exact) mass is 315 g/mol. The van der Waals surface area contributed by atoms with Crippen LogP contribution in [0.4, 0.5) is 23.2 Å². The van der Waals surface area contributed by atoms with Crippen LogP contribution in [0.2, 0.25) is 0 Å². The zero-order valence-corrected chi connectivity index (χ0v) is 11.4. The van der Waals surface area contributed by atoms with Crippen molar-refractivity contribution >= 4 is 5.69 Å². The van der Waals surface area contributed by atoms with Gasteiger partial charge in [-0.05, 0) is 36.4 Å². The highest BCUT2D eigenvalue weighted by atomic mass is 19.4. The van der Waals surface area contributed by atoms with Gasteiger partial charge in [-0.2, -0.15) is 13.2 Å². The molecule has 0 unspecified atom stereocenters. The number of rotatable bonds is 5. The van der Waals surface area contributed by atoms with Crippen molar-refractivity contribution in [3.05, 3.63) is 53.8 Å². The molecule has 0 aliphatic carbocycles. The number of halogens is 4. The predicted molar refractivity (Wildman–Crippen MR) is 73.2 cm³/mol. The molecule has 0 saturated carbocycles. The molecule has 3 nitrogen and oxygen atoms in total. The van der Waals surface area contributed by atoms with E-state index in [-0.39, 0.29) is 30.4 Å². The second kappa shape index (κ2) is 6.55. The van der Waals surface area contributed by atoms with E-state index in [4.69, 9.17) is 15.2 Å². The van der Waals surface area contributed by atoms with Crippen molar-refractivity contribution in [1.29, 1.82) is 0 Å². The molecule has 0 amide bonds. The largest absolute Gasteiger partial charge is 0.490 e. The molecule has 2 rings (SSSR count). The third-order valence-electron chi connectivity index (χ3n) is 2.77. The average Bonchev–Trinajstić information content (AvgIpc) is 2.46. The second-order valence-electron chi connectivity index (χ2n) is 4.40. The van der Waals surface area contributed by atoms with Gasteiger partial charge in [-0.1, -0.05) is 0 Å². The average molecular weight is 315 g/mol. The number of hydrogen-bond acceptors (Lipinski definition) is 3. The van der Waals surface area contributed by atoms with E-state index in [9.17, 15) is 17.6 Å². The van der Waals surface area contributed by atoms with Gasteiger partial charge in [-0.15, -0.1) is 0 Å². The van der Waals surface area contributed by atoms with Gasteiger partial charge in [0.05, 0.1) is 11.3 Å². The number of anilines is 1. The number of ether oxygens (including phenoxy) is 2. The van der Waals surface area contributed by atoms with Gasteiger partial charge in [0.25, 0.3) is 0 Å². The van der Waals surface area contributed by atoms with E-state index in [0.29, 0.717) is 0 Å². The first kappa shape index (κ1) is 15.9. The van der Waals surface area contributed by atoms with Crippen LogP contribution in [-0.2, 0) is 6.18 Å². The Morgan fingerprint density at radius 2 is 1.55 bits per heavy atom. The summed E-state index contributed by atoms with van der Waals surface area (Å²) in [4.78, 5) is 0. The van der Waals surface area contributed by atoms with Crippen LogP contribution < -0.4 is 15.2 Å². The minimum absolute atomic E-state index is 0.0781. The van der Waals surface area contributed by atoms with Crippen LogP contribution in [0.5, 0.6) is 11.5 Å². The summed E-state index contributed by atoms with van der Waals surface area (Å²) in [5.74, 6) is -0.00677. The Kier molecular flexibility index (Phi) is 4.75. The fraction of sp³-hybridized carbons (Fsp3) is 0.200. The van der Waals surface area contributed by atoms with Gasteiger partial charge in [0.2, 0.25) is 0 Å². The lowest BCUT2D eigenvalue weighted by Crippen LogP contribution is -2.10. The molecule has 0 saturated heterocycles. The van der Waals surface area contributed by atoms with Crippen molar-refractivity contribution in [2.45, 2.75) is 6.18 Å². The molecular weight excluding hydrogens is 302 g/mol. The Bertz CT molecular complexity index is 626. The molecule has 2 aromatic rings. The first-order valence-corrected chi connectivity index (χ1v) is 6.34. The SMILES string of the molecule is Nc1ccc(F)cc1OCCOc1ccc(C(F)(F)F)cc1. The Morgan fingerprint density at radius 3 is 2.18 bits per heavy atom. The van der Waals surface area contributed by atoms with Crippen molar-refractivity contribution in [1.82, 2.24) is 0 Å². The summed E-state index contributed by atoms with van der Waals surface area (Å²) in [5.41, 5.74) is 5.14. The highest BCUT2D eigenvalue weighted by Gasteiger charge is 2.29. The highest BCUT2D eigenvalue weighted by molar-refractivity contribution is 5.52. The van der Waals surface area contributed by atoms with Gasteiger partial charge < -0.3 is 15.2 Å². The number of hydrogen-bond donors (Lipinski definition) is 1. The molecular formula is C15H13F4NO2. The van der Waals surface area contributed by atoms with Gasteiger partial charge in [0.15, 0.2) is 0 Å². The minimum atomic E-state index is -4.38. The van der Waals surface area contributed by atoms with E-state index in [1.807, 2.05) is 0 Å². The molecule has 0 aliphatic heterocycles. The summed E-state index contributed by atoms with van der Waals surface area (Å²) < 4.78 is 60.6. The summed E-state index contributed by atoms with van der Waals surface area (Å²) in [5, 5.41) is 0. The molecule has 0 bridgehead atoms. The second-order valence-corrected chi connectivity index (χ2v) is 4.40. The summed E-state index contributed by atoms with van der Waals surface area (Å²) in [7, 11) is 0. The summed E-state index contributed by atoms with van der Waals surface area (Å²) in [6.45, 7) is 0.163. The van der Waals surface area contributed by atoms with Crippen molar-refractivity contribution in [3.63, 3.8) is 0 Å². The van der Waals surface area contributed by atoms with E-state index in [1.54, 1.807) is 0 Å². The van der Waals surface area contributed by atoms with Gasteiger partial charge in [-0.25, -0.2) is 4.39 Å². The van der Waals surface area contributed by atoms with Gasteiger partial charge in [0, 0.05) is 6.07 Å². The summed E-state index contributed by atoms with van der Waals surface area (Å²) in [6.07, 6.45) is -4.38. The van der Waals surface area contributed by atoms with E-state index in [0.717, 1.165) is 18.2 Å². The fourth-order valence-electron chi connectivity index (χ4n) is 1.68. The Balaban J connectivity index is 1.83. The van der Waals surface area contributed by atoms with Gasteiger partial charge >= 0.3 is 6.18 Å². The topological polar surface area (TPSA) is 44.5 Å². The van der Waals surface area contributed by atoms with Crippen molar-refractivity contribution in [2.75, 3.05) is 18.9 Å². The third kappa shape index (κ3) is 4.28. The van der Waals surface area contributed by atoms with E-state index >= 15 is 0 Å². The maximum absolute atomic E-state index is 13.0. The summed E-state index contributed by atoms with van der Waals surface area (Å²) >= 11 is 0. The maximum atomic E-state index is 13.0. The smallest absolute Gasteiger partial charge is 0.416 e. The van der Waals surface area contributed by atoms with Crippen LogP contribution in [0.25, 0.3) is 0 Å². The molecule has 0 heterocycles. The zero-order chi connectivity index (χ0) is 16.2. The van der Waals surface area contributed by atoms with Gasteiger partial charge in [0.1, 0.15) is 30.5 Å². The fourth-order valence-corrected chi connectivity index (χ4v) is 1.68. The molecule has 0 spiro atoms. The number of nitrogens with two attached hydrogens (primary N) is 1. The van der Waals surface area contributed by atoms with Crippen LogP contribution in [0.1, 0.15) is 5.56 Å². The van der Waals surface area contributed by atoms with Crippen molar-refractivity contribution in [2.24, 2.45) is 0 Å². The molecule has 0 radical (unpaired) electrons. The molecule has 0 aromatic heterocycles. The lowest BCUT2D eigenvalue weighted by molar-refractivity contribution is -0.137. The minimum Gasteiger partial charge on any atom is -0.490 e. The Labute approximate surface area is 124 Å². The first-order chi connectivity index (χ1) is 10.4. The normalized spacial score (nSPS) is 11.3. The highest BCUT2D eigenvalue weighted by Crippen LogP contribution is 2.30. The Morgan fingerprint density at radius 1 is 0.909 bits per heavy atom. The van der Waals surface area contributed by atoms with E-state index in [2.05, 4.69) is 0 Å². The molecule has 0 aliphatic rings. The molecule has 7 heteroatoms. The van der Waals surface area contributed by atoms with E-state index in [1.165, 1.54) is 24.3 Å². The summed E-state index contributed by atoms with van der Waals surface area (Å²) in [6, 6.07) is 8.04. The molecule has 0 fully saturated rings. The van der Waals surface area contributed by atoms with Crippen LogP contribution in [0, 0.1) is 5.82 Å². The predicted octanol–water partition coefficient (Wildman–Crippen LogP) is 3.88. The first-order valence-electron chi connectivity index (χ1n) is 6.34. The van der Waals surface area contributed by atoms with Crippen LogP contribution >= 0.6 is 0 Å². The molecule has 2 aromatic carbocycles. The van der Waals surface area contributed by atoms with E-state index < -0.39 is 17.6 Å². The standard InChI is InChI=1S/C15H13F4NO2/c16-11-3-6-13(20)14(9-11)22-8-7-21-12-4-1-10(2-5-12)15(17,18)19/h1-6,9H,7-8,20H2. The van der Waals surface area contributed by atoms with Crippen LogP contribution in [0.15, 0.2) is 42.5 Å². The quantitative estimate of drug-likeness (QED) is 0.517. The Hall–Kier alpha value is -2.44.